The Bertz CT molecular complexity index is 1010. The molecule has 0 saturated heterocycles. The molecular formula is C24H29N5O2. The number of benzene rings is 1. The monoisotopic (exact) mass is 419 g/mol. The molecule has 7 heteroatoms. The first-order chi connectivity index (χ1) is 14.9. The Morgan fingerprint density at radius 2 is 2.00 bits per heavy atom. The van der Waals surface area contributed by atoms with Crippen molar-refractivity contribution in [2.45, 2.75) is 52.1 Å². The molecule has 1 aromatic heterocycles. The minimum absolute atomic E-state index is 0.119. The first kappa shape index (κ1) is 22.5. The predicted molar refractivity (Wildman–Crippen MR) is 117 cm³/mol. The van der Waals surface area contributed by atoms with Crippen LogP contribution in [0.25, 0.3) is 0 Å². The van der Waals surface area contributed by atoms with Crippen molar-refractivity contribution in [3.05, 3.63) is 46.8 Å². The second-order valence-electron chi connectivity index (χ2n) is 8.85. The van der Waals surface area contributed by atoms with E-state index in [4.69, 9.17) is 10.00 Å². The second-order valence-corrected chi connectivity index (χ2v) is 8.85. The average Bonchev–Trinajstić information content (AvgIpc) is 2.76. The molecular weight excluding hydrogens is 390 g/mol. The molecule has 1 saturated carbocycles. The maximum absolute atomic E-state index is 10.2. The number of nitrogens with zero attached hydrogens (tertiary/aromatic N) is 4. The number of aromatic nitrogens is 2. The minimum atomic E-state index is -0.275. The van der Waals surface area contributed by atoms with Crippen molar-refractivity contribution in [2.24, 2.45) is 11.3 Å². The number of aliphatic hydroxyl groups excluding tert-OH is 1. The zero-order valence-corrected chi connectivity index (χ0v) is 18.4. The summed E-state index contributed by atoms with van der Waals surface area (Å²) in [6, 6.07) is 9.85. The van der Waals surface area contributed by atoms with Crippen molar-refractivity contribution in [3.63, 3.8) is 0 Å². The molecule has 162 valence electrons. The Kier molecular flexibility index (Phi) is 7.09. The van der Waals surface area contributed by atoms with E-state index in [2.05, 4.69) is 41.3 Å². The molecule has 2 N–H and O–H groups in total. The Balaban J connectivity index is 1.64. The molecule has 2 atom stereocenters. The number of nitriles is 2. The quantitative estimate of drug-likeness (QED) is 0.704. The molecule has 0 spiro atoms. The third-order valence-electron chi connectivity index (χ3n) is 6.12. The van der Waals surface area contributed by atoms with Crippen LogP contribution in [0.1, 0.15) is 55.5 Å². The molecule has 31 heavy (non-hydrogen) atoms. The molecule has 1 aliphatic carbocycles. The van der Waals surface area contributed by atoms with Crippen molar-refractivity contribution in [3.8, 4) is 17.9 Å². The Morgan fingerprint density at radius 3 is 2.68 bits per heavy atom. The highest BCUT2D eigenvalue weighted by atomic mass is 16.5. The average molecular weight is 420 g/mol. The topological polar surface area (TPSA) is 115 Å². The highest BCUT2D eigenvalue weighted by Gasteiger charge is 2.35. The van der Waals surface area contributed by atoms with Crippen molar-refractivity contribution < 1.29 is 9.84 Å². The molecule has 3 rings (SSSR count). The van der Waals surface area contributed by atoms with E-state index in [1.807, 2.05) is 12.1 Å². The molecule has 7 nitrogen and oxygen atoms in total. The summed E-state index contributed by atoms with van der Waals surface area (Å²) < 4.78 is 5.26. The predicted octanol–water partition coefficient (Wildman–Crippen LogP) is 3.61. The van der Waals surface area contributed by atoms with Gasteiger partial charge in [0.05, 0.1) is 36.2 Å². The first-order valence-electron chi connectivity index (χ1n) is 10.6. The van der Waals surface area contributed by atoms with E-state index >= 15 is 0 Å². The summed E-state index contributed by atoms with van der Waals surface area (Å²) in [7, 11) is 1.55. The number of hydrogen-bond donors (Lipinski definition) is 2. The largest absolute Gasteiger partial charge is 0.495 e. The Labute approximate surface area is 183 Å². The number of rotatable bonds is 7. The minimum Gasteiger partial charge on any atom is -0.495 e. The van der Waals surface area contributed by atoms with Gasteiger partial charge in [0.15, 0.2) is 0 Å². The van der Waals surface area contributed by atoms with Crippen LogP contribution in [0.5, 0.6) is 5.75 Å². The van der Waals surface area contributed by atoms with Crippen LogP contribution in [-0.4, -0.2) is 34.8 Å². The molecule has 0 unspecified atom stereocenters. The third kappa shape index (κ3) is 5.51. The van der Waals surface area contributed by atoms with Crippen LogP contribution >= 0.6 is 0 Å². The van der Waals surface area contributed by atoms with Crippen LogP contribution in [-0.2, 0) is 12.8 Å². The van der Waals surface area contributed by atoms with Gasteiger partial charge in [0.2, 0.25) is 5.95 Å². The molecule has 0 amide bonds. The van der Waals surface area contributed by atoms with Gasteiger partial charge in [-0.1, -0.05) is 19.9 Å². The highest BCUT2D eigenvalue weighted by molar-refractivity contribution is 5.45. The molecule has 1 aliphatic rings. The number of anilines is 1. The molecule has 0 aliphatic heterocycles. The molecule has 0 bridgehead atoms. The van der Waals surface area contributed by atoms with E-state index in [1.54, 1.807) is 19.4 Å². The van der Waals surface area contributed by atoms with Crippen molar-refractivity contribution in [2.75, 3.05) is 19.0 Å². The number of hydrogen-bond acceptors (Lipinski definition) is 7. The van der Waals surface area contributed by atoms with Gasteiger partial charge in [-0.3, -0.25) is 0 Å². The number of aliphatic hydroxyl groups is 1. The lowest BCUT2D eigenvalue weighted by atomic mass is 9.69. The van der Waals surface area contributed by atoms with Crippen LogP contribution in [0.4, 0.5) is 5.95 Å². The summed E-state index contributed by atoms with van der Waals surface area (Å²) in [5.41, 5.74) is 2.70. The van der Waals surface area contributed by atoms with Gasteiger partial charge in [-0.15, -0.1) is 0 Å². The Morgan fingerprint density at radius 1 is 1.23 bits per heavy atom. The molecule has 1 fully saturated rings. The van der Waals surface area contributed by atoms with Crippen LogP contribution < -0.4 is 10.1 Å². The van der Waals surface area contributed by atoms with Crippen LogP contribution in [0.3, 0.4) is 0 Å². The van der Waals surface area contributed by atoms with Gasteiger partial charge >= 0.3 is 0 Å². The fraction of sp³-hybridized carbons (Fsp3) is 0.500. The lowest BCUT2D eigenvalue weighted by Gasteiger charge is -2.39. The second kappa shape index (κ2) is 9.76. The summed E-state index contributed by atoms with van der Waals surface area (Å²) in [6.07, 6.45) is 5.36. The summed E-state index contributed by atoms with van der Waals surface area (Å²) in [5, 5.41) is 32.0. The zero-order chi connectivity index (χ0) is 22.4. The van der Waals surface area contributed by atoms with Gasteiger partial charge in [-0.2, -0.15) is 10.5 Å². The number of methoxy groups -OCH3 is 1. The summed E-state index contributed by atoms with van der Waals surface area (Å²) >= 11 is 0. The van der Waals surface area contributed by atoms with Crippen LogP contribution in [0, 0.1) is 34.0 Å². The lowest BCUT2D eigenvalue weighted by Crippen LogP contribution is -2.37. The maximum atomic E-state index is 10.2. The van der Waals surface area contributed by atoms with E-state index in [-0.39, 0.29) is 11.5 Å². The van der Waals surface area contributed by atoms with Crippen molar-refractivity contribution >= 4 is 5.95 Å². The summed E-state index contributed by atoms with van der Waals surface area (Å²) in [5.74, 6) is 1.46. The smallest absolute Gasteiger partial charge is 0.222 e. The fourth-order valence-corrected chi connectivity index (χ4v) is 4.27. The number of nitrogens with one attached hydrogen (secondary N) is 1. The van der Waals surface area contributed by atoms with Crippen LogP contribution in [0.15, 0.2) is 24.4 Å². The zero-order valence-electron chi connectivity index (χ0n) is 18.4. The molecule has 1 heterocycles. The van der Waals surface area contributed by atoms with Gasteiger partial charge in [-0.25, -0.2) is 9.97 Å². The van der Waals surface area contributed by atoms with E-state index in [0.717, 1.165) is 36.9 Å². The Hall–Kier alpha value is -3.16. The number of ether oxygens (including phenoxy) is 1. The van der Waals surface area contributed by atoms with Crippen molar-refractivity contribution in [1.82, 2.24) is 9.97 Å². The van der Waals surface area contributed by atoms with E-state index in [9.17, 15) is 10.4 Å². The van der Waals surface area contributed by atoms with Gasteiger partial charge in [0.25, 0.3) is 0 Å². The first-order valence-corrected chi connectivity index (χ1v) is 10.6. The summed E-state index contributed by atoms with van der Waals surface area (Å²) in [6.45, 7) is 4.81. The van der Waals surface area contributed by atoms with Crippen LogP contribution in [0.2, 0.25) is 0 Å². The molecule has 0 radical (unpaired) electrons. The van der Waals surface area contributed by atoms with E-state index in [0.29, 0.717) is 41.7 Å². The van der Waals surface area contributed by atoms with Crippen molar-refractivity contribution in [1.29, 1.82) is 10.5 Å². The van der Waals surface area contributed by atoms with Gasteiger partial charge in [0.1, 0.15) is 17.9 Å². The molecule has 2 aromatic rings. The third-order valence-corrected chi connectivity index (χ3v) is 6.12. The lowest BCUT2D eigenvalue weighted by molar-refractivity contribution is -0.00748. The standard InChI is InChI=1S/C24H29N5O2/c1-24(2)12-17(5-7-22(24)30)10-20-19(14-26)15-28-23(29-20)27-9-8-16-4-6-18(13-25)21(11-16)31-3/h4,6,11,15,17,22,30H,5,7-10,12H2,1-3H3,(H,27,28,29)/t17-,22-/m0/s1. The fourth-order valence-electron chi connectivity index (χ4n) is 4.27. The SMILES string of the molecule is COc1cc(CCNc2ncc(C#N)c(C[C@@H]3CC[C@H](O)C(C)(C)C3)n2)ccc1C#N. The van der Waals surface area contributed by atoms with E-state index in [1.165, 1.54) is 0 Å². The molecule has 1 aromatic carbocycles. The normalized spacial score (nSPS) is 19.8. The van der Waals surface area contributed by atoms with Gasteiger partial charge in [0, 0.05) is 6.54 Å². The summed E-state index contributed by atoms with van der Waals surface area (Å²) in [4.78, 5) is 8.91. The van der Waals surface area contributed by atoms with E-state index < -0.39 is 0 Å². The maximum Gasteiger partial charge on any atom is 0.222 e. The highest BCUT2D eigenvalue weighted by Crippen LogP contribution is 2.40. The van der Waals surface area contributed by atoms with Gasteiger partial charge < -0.3 is 15.2 Å². The van der Waals surface area contributed by atoms with Gasteiger partial charge in [-0.05, 0) is 61.1 Å².